The Morgan fingerprint density at radius 2 is 2.13 bits per heavy atom. The van der Waals surface area contributed by atoms with Gasteiger partial charge < -0.3 is 16.2 Å². The largest absolute Gasteiger partial charge is 0.396 e. The predicted molar refractivity (Wildman–Crippen MR) is 94.6 cm³/mol. The Kier molecular flexibility index (Phi) is 4.00. The van der Waals surface area contributed by atoms with Crippen molar-refractivity contribution >= 4 is 34.5 Å². The molecule has 0 aliphatic carbocycles. The van der Waals surface area contributed by atoms with Crippen LogP contribution in [-0.4, -0.2) is 41.0 Å². The van der Waals surface area contributed by atoms with E-state index in [1.165, 1.54) is 5.57 Å². The van der Waals surface area contributed by atoms with Gasteiger partial charge in [0.1, 0.15) is 5.82 Å². The molecule has 6 nitrogen and oxygen atoms in total. The van der Waals surface area contributed by atoms with E-state index in [-0.39, 0.29) is 18.0 Å². The number of hydrogen-bond donors (Lipinski definition) is 3. The van der Waals surface area contributed by atoms with Gasteiger partial charge in [-0.15, -0.1) is 0 Å². The molecule has 0 unspecified atom stereocenters. The van der Waals surface area contributed by atoms with Crippen molar-refractivity contribution in [2.75, 3.05) is 30.7 Å². The molecular formula is C17H21N5O. The number of fused-ring (bicyclic) bond motifs is 1. The molecule has 6 heteroatoms. The van der Waals surface area contributed by atoms with E-state index in [1.807, 2.05) is 44.3 Å². The Morgan fingerprint density at radius 3 is 2.83 bits per heavy atom. The molecule has 4 N–H and O–H groups in total. The number of aliphatic hydroxyl groups excluding tert-OH is 1. The monoisotopic (exact) mass is 311 g/mol. The first-order chi connectivity index (χ1) is 11.0. The number of allylic oxidation sites excluding steroid dienone is 1. The zero-order valence-electron chi connectivity index (χ0n) is 13.4. The average molecular weight is 311 g/mol. The number of rotatable bonds is 5. The summed E-state index contributed by atoms with van der Waals surface area (Å²) in [6.45, 7) is 5.35. The molecule has 1 aromatic carbocycles. The topological polar surface area (TPSA) is 96.4 Å². The normalized spacial score (nSPS) is 14.3. The Morgan fingerprint density at radius 1 is 1.30 bits per heavy atom. The summed E-state index contributed by atoms with van der Waals surface area (Å²) in [5.41, 5.74) is 8.67. The number of nitrogens with zero attached hydrogens (tertiary/aromatic N) is 3. The third kappa shape index (κ3) is 3.32. The molecule has 0 radical (unpaired) electrons. The molecule has 120 valence electrons. The highest BCUT2D eigenvalue weighted by atomic mass is 16.3. The molecule has 1 aliphatic rings. The van der Waals surface area contributed by atoms with Crippen molar-refractivity contribution in [3.05, 3.63) is 29.8 Å². The standard InChI is InChI=1S/C17H21N5O/c1-17(2,10-23)9-20-15-13-4-3-11(12-5-6-19-8-12)7-14(13)21-16(18)22-15/h3-7,23H,8-10H2,1-2H3,(H3,18,20,21,22). The summed E-state index contributed by atoms with van der Waals surface area (Å²) in [7, 11) is 0. The minimum Gasteiger partial charge on any atom is -0.396 e. The van der Waals surface area contributed by atoms with Gasteiger partial charge in [0.05, 0.1) is 12.1 Å². The van der Waals surface area contributed by atoms with Crippen molar-refractivity contribution in [2.24, 2.45) is 10.4 Å². The number of aliphatic imine (C=N–C) groups is 1. The van der Waals surface area contributed by atoms with Crippen molar-refractivity contribution < 1.29 is 5.11 Å². The number of nitrogen functional groups attached to an aromatic ring is 1. The van der Waals surface area contributed by atoms with Crippen LogP contribution in [0, 0.1) is 5.41 Å². The summed E-state index contributed by atoms with van der Waals surface area (Å²) in [6, 6.07) is 6.05. The molecule has 23 heavy (non-hydrogen) atoms. The number of anilines is 2. The maximum Gasteiger partial charge on any atom is 0.222 e. The fourth-order valence-electron chi connectivity index (χ4n) is 2.39. The maximum absolute atomic E-state index is 9.38. The quantitative estimate of drug-likeness (QED) is 0.786. The molecular weight excluding hydrogens is 290 g/mol. The van der Waals surface area contributed by atoms with Crippen molar-refractivity contribution in [3.63, 3.8) is 0 Å². The SMILES string of the molecule is CC(C)(CO)CNc1nc(N)nc2cc(C3=CC=NC3)ccc12. The van der Waals surface area contributed by atoms with Crippen LogP contribution in [0.25, 0.3) is 16.5 Å². The van der Waals surface area contributed by atoms with Crippen molar-refractivity contribution in [1.29, 1.82) is 0 Å². The summed E-state index contributed by atoms with van der Waals surface area (Å²) in [6.07, 6.45) is 3.83. The summed E-state index contributed by atoms with van der Waals surface area (Å²) >= 11 is 0. The van der Waals surface area contributed by atoms with E-state index in [2.05, 4.69) is 20.3 Å². The van der Waals surface area contributed by atoms with Gasteiger partial charge in [0.25, 0.3) is 0 Å². The maximum atomic E-state index is 9.38. The van der Waals surface area contributed by atoms with Crippen LogP contribution < -0.4 is 11.1 Å². The number of aromatic nitrogens is 2. The Bertz CT molecular complexity index is 795. The van der Waals surface area contributed by atoms with E-state index in [0.717, 1.165) is 16.5 Å². The third-order valence-corrected chi connectivity index (χ3v) is 3.89. The minimum atomic E-state index is -0.238. The van der Waals surface area contributed by atoms with Crippen LogP contribution in [-0.2, 0) is 0 Å². The first-order valence-corrected chi connectivity index (χ1v) is 7.60. The van der Waals surface area contributed by atoms with Gasteiger partial charge in [0.2, 0.25) is 5.95 Å². The summed E-state index contributed by atoms with van der Waals surface area (Å²) in [5, 5.41) is 13.6. The lowest BCUT2D eigenvalue weighted by molar-refractivity contribution is 0.171. The summed E-state index contributed by atoms with van der Waals surface area (Å²) in [4.78, 5) is 12.9. The Balaban J connectivity index is 1.95. The smallest absolute Gasteiger partial charge is 0.222 e. The van der Waals surface area contributed by atoms with Crippen LogP contribution in [0.15, 0.2) is 29.3 Å². The number of benzene rings is 1. The molecule has 0 fully saturated rings. The van der Waals surface area contributed by atoms with Gasteiger partial charge in [-0.2, -0.15) is 4.98 Å². The number of nitrogens with one attached hydrogen (secondary N) is 1. The van der Waals surface area contributed by atoms with Crippen LogP contribution in [0.3, 0.4) is 0 Å². The summed E-state index contributed by atoms with van der Waals surface area (Å²) in [5.74, 6) is 0.924. The highest BCUT2D eigenvalue weighted by Crippen LogP contribution is 2.27. The van der Waals surface area contributed by atoms with Gasteiger partial charge in [0, 0.05) is 30.2 Å². The molecule has 1 aliphatic heterocycles. The van der Waals surface area contributed by atoms with Gasteiger partial charge >= 0.3 is 0 Å². The predicted octanol–water partition coefficient (Wildman–Crippen LogP) is 2.11. The van der Waals surface area contributed by atoms with Crippen LogP contribution in [0.5, 0.6) is 0 Å². The third-order valence-electron chi connectivity index (χ3n) is 3.89. The molecule has 0 atom stereocenters. The minimum absolute atomic E-state index is 0.0940. The average Bonchev–Trinajstić information content (AvgIpc) is 3.06. The highest BCUT2D eigenvalue weighted by Gasteiger charge is 2.17. The molecule has 0 amide bonds. The summed E-state index contributed by atoms with van der Waals surface area (Å²) < 4.78 is 0. The van der Waals surface area contributed by atoms with Gasteiger partial charge in [-0.3, -0.25) is 4.99 Å². The fourth-order valence-corrected chi connectivity index (χ4v) is 2.39. The lowest BCUT2D eigenvalue weighted by Gasteiger charge is -2.22. The van der Waals surface area contributed by atoms with Gasteiger partial charge in [-0.1, -0.05) is 19.9 Å². The van der Waals surface area contributed by atoms with E-state index >= 15 is 0 Å². The van der Waals surface area contributed by atoms with Crippen molar-refractivity contribution in [3.8, 4) is 0 Å². The molecule has 2 aromatic rings. The van der Waals surface area contributed by atoms with Gasteiger partial charge in [0.15, 0.2) is 0 Å². The number of aliphatic hydroxyl groups is 1. The molecule has 0 saturated heterocycles. The zero-order chi connectivity index (χ0) is 16.4. The fraction of sp³-hybridized carbons (Fsp3) is 0.353. The highest BCUT2D eigenvalue weighted by molar-refractivity contribution is 5.95. The molecule has 1 aromatic heterocycles. The van der Waals surface area contributed by atoms with Crippen LogP contribution in [0.1, 0.15) is 19.4 Å². The van der Waals surface area contributed by atoms with E-state index in [9.17, 15) is 5.11 Å². The number of hydrogen-bond acceptors (Lipinski definition) is 6. The second-order valence-corrected chi connectivity index (χ2v) is 6.52. The van der Waals surface area contributed by atoms with E-state index in [1.54, 1.807) is 0 Å². The first kappa shape index (κ1) is 15.4. The number of nitrogens with two attached hydrogens (primary N) is 1. The molecule has 3 rings (SSSR count). The van der Waals surface area contributed by atoms with Crippen LogP contribution in [0.2, 0.25) is 0 Å². The lowest BCUT2D eigenvalue weighted by atomic mass is 9.95. The molecule has 0 saturated carbocycles. The van der Waals surface area contributed by atoms with Gasteiger partial charge in [-0.05, 0) is 29.3 Å². The van der Waals surface area contributed by atoms with Crippen molar-refractivity contribution in [2.45, 2.75) is 13.8 Å². The second-order valence-electron chi connectivity index (χ2n) is 6.52. The second kappa shape index (κ2) is 5.96. The van der Waals surface area contributed by atoms with Crippen LogP contribution in [0.4, 0.5) is 11.8 Å². The lowest BCUT2D eigenvalue weighted by Crippen LogP contribution is -2.27. The molecule has 0 spiro atoms. The van der Waals surface area contributed by atoms with Gasteiger partial charge in [-0.25, -0.2) is 4.98 Å². The van der Waals surface area contributed by atoms with Crippen molar-refractivity contribution in [1.82, 2.24) is 9.97 Å². The zero-order valence-corrected chi connectivity index (χ0v) is 13.4. The molecule has 2 heterocycles. The van der Waals surface area contributed by atoms with Crippen LogP contribution >= 0.6 is 0 Å². The first-order valence-electron chi connectivity index (χ1n) is 7.60. The van der Waals surface area contributed by atoms with E-state index < -0.39 is 0 Å². The Hall–Kier alpha value is -2.47. The Labute approximate surface area is 135 Å². The molecule has 0 bridgehead atoms. The van der Waals surface area contributed by atoms with E-state index in [4.69, 9.17) is 5.73 Å². The van der Waals surface area contributed by atoms with E-state index in [0.29, 0.717) is 18.9 Å².